The van der Waals surface area contributed by atoms with Crippen LogP contribution in [0.5, 0.6) is 11.5 Å². The number of hydrogen-bond acceptors (Lipinski definition) is 6. The molecule has 0 radical (unpaired) electrons. The van der Waals surface area contributed by atoms with Gasteiger partial charge in [0.05, 0.1) is 21.0 Å². The highest BCUT2D eigenvalue weighted by molar-refractivity contribution is 8.01. The summed E-state index contributed by atoms with van der Waals surface area (Å²) in [6.45, 7) is 1.89. The molecule has 3 aliphatic rings. The number of likely N-dealkylation sites (tertiary alicyclic amines) is 1. The summed E-state index contributed by atoms with van der Waals surface area (Å²) in [5, 5.41) is 7.35. The lowest BCUT2D eigenvalue weighted by Crippen LogP contribution is -2.54. The minimum absolute atomic E-state index is 0.0219. The SMILES string of the molecule is O=C(NCc1ccc2c(c1)OCO2)C1CSC2(CCN(C(=O)c3ccc(Cl)c(Cl)c3)CC2)N1. The van der Waals surface area contributed by atoms with Crippen LogP contribution in [0, 0.1) is 0 Å². The van der Waals surface area contributed by atoms with E-state index in [2.05, 4.69) is 10.6 Å². The Balaban J connectivity index is 1.13. The fourth-order valence-electron chi connectivity index (χ4n) is 4.32. The van der Waals surface area contributed by atoms with Crippen LogP contribution < -0.4 is 20.1 Å². The third kappa shape index (κ3) is 4.75. The van der Waals surface area contributed by atoms with Crippen molar-refractivity contribution in [3.05, 3.63) is 57.6 Å². The van der Waals surface area contributed by atoms with Gasteiger partial charge in [0.2, 0.25) is 12.7 Å². The molecule has 2 amide bonds. The largest absolute Gasteiger partial charge is 0.454 e. The minimum atomic E-state index is -0.263. The van der Waals surface area contributed by atoms with Crippen LogP contribution >= 0.6 is 35.0 Å². The fourth-order valence-corrected chi connectivity index (χ4v) is 6.04. The first kappa shape index (κ1) is 22.7. The lowest BCUT2D eigenvalue weighted by atomic mass is 10.0. The molecule has 0 aliphatic carbocycles. The Morgan fingerprint density at radius 1 is 1.09 bits per heavy atom. The van der Waals surface area contributed by atoms with Gasteiger partial charge in [-0.05, 0) is 48.7 Å². The van der Waals surface area contributed by atoms with Crippen LogP contribution in [0.4, 0.5) is 0 Å². The summed E-state index contributed by atoms with van der Waals surface area (Å²) < 4.78 is 10.7. The molecule has 5 rings (SSSR count). The van der Waals surface area contributed by atoms with Gasteiger partial charge in [0.1, 0.15) is 0 Å². The number of nitrogens with one attached hydrogen (secondary N) is 2. The molecule has 0 aromatic heterocycles. The number of thioether (sulfide) groups is 1. The summed E-state index contributed by atoms with van der Waals surface area (Å²) in [4.78, 5) is 27.3. The normalized spacial score (nSPS) is 20.8. The van der Waals surface area contributed by atoms with Gasteiger partial charge in [-0.15, -0.1) is 11.8 Å². The summed E-state index contributed by atoms with van der Waals surface area (Å²) in [6, 6.07) is 10.4. The topological polar surface area (TPSA) is 79.9 Å². The second-order valence-electron chi connectivity index (χ2n) is 8.33. The quantitative estimate of drug-likeness (QED) is 0.656. The molecule has 2 fully saturated rings. The maximum Gasteiger partial charge on any atom is 0.253 e. The standard InChI is InChI=1S/C23H23Cl2N3O4S/c24-16-3-2-15(10-17(16)25)22(30)28-7-5-23(6-8-28)27-18(12-33-23)21(29)26-11-14-1-4-19-20(9-14)32-13-31-19/h1-4,9-10,18,27H,5-8,11-13H2,(H,26,29). The lowest BCUT2D eigenvalue weighted by Gasteiger charge is -2.39. The first-order chi connectivity index (χ1) is 15.9. The van der Waals surface area contributed by atoms with Gasteiger partial charge in [0, 0.05) is 31.0 Å². The van der Waals surface area contributed by atoms with Crippen LogP contribution in [0.15, 0.2) is 36.4 Å². The van der Waals surface area contributed by atoms with Gasteiger partial charge in [-0.3, -0.25) is 14.9 Å². The van der Waals surface area contributed by atoms with E-state index in [1.807, 2.05) is 23.1 Å². The van der Waals surface area contributed by atoms with Crippen LogP contribution in [0.3, 0.4) is 0 Å². The highest BCUT2D eigenvalue weighted by Crippen LogP contribution is 2.39. The summed E-state index contributed by atoms with van der Waals surface area (Å²) in [6.07, 6.45) is 1.55. The number of ether oxygens (including phenoxy) is 2. The van der Waals surface area contributed by atoms with Crippen LogP contribution in [0.1, 0.15) is 28.8 Å². The highest BCUT2D eigenvalue weighted by atomic mass is 35.5. The minimum Gasteiger partial charge on any atom is -0.454 e. The second kappa shape index (κ2) is 9.25. The van der Waals surface area contributed by atoms with Gasteiger partial charge in [-0.25, -0.2) is 0 Å². The van der Waals surface area contributed by atoms with Crippen molar-refractivity contribution in [2.24, 2.45) is 0 Å². The number of carbonyl (C=O) groups is 2. The molecule has 10 heteroatoms. The van der Waals surface area contributed by atoms with E-state index in [1.165, 1.54) is 0 Å². The van der Waals surface area contributed by atoms with Crippen LogP contribution in [-0.2, 0) is 11.3 Å². The van der Waals surface area contributed by atoms with Crippen molar-refractivity contribution in [2.75, 3.05) is 25.6 Å². The maximum atomic E-state index is 12.8. The van der Waals surface area contributed by atoms with E-state index in [4.69, 9.17) is 32.7 Å². The van der Waals surface area contributed by atoms with Crippen molar-refractivity contribution in [1.29, 1.82) is 0 Å². The molecule has 3 aliphatic heterocycles. The summed E-state index contributed by atoms with van der Waals surface area (Å²) >= 11 is 13.8. The van der Waals surface area contributed by atoms with Crippen molar-refractivity contribution in [3.8, 4) is 11.5 Å². The molecular weight excluding hydrogens is 485 g/mol. The van der Waals surface area contributed by atoms with Crippen molar-refractivity contribution in [3.63, 3.8) is 0 Å². The van der Waals surface area contributed by atoms with E-state index in [-0.39, 0.29) is 29.5 Å². The Hall–Kier alpha value is -2.13. The number of piperidine rings is 1. The third-order valence-corrected chi connectivity index (χ3v) is 8.53. The molecule has 0 bridgehead atoms. The molecule has 0 saturated carbocycles. The predicted octanol–water partition coefficient (Wildman–Crippen LogP) is 3.68. The zero-order chi connectivity index (χ0) is 23.0. The molecule has 2 aromatic rings. The Morgan fingerprint density at radius 3 is 2.67 bits per heavy atom. The summed E-state index contributed by atoms with van der Waals surface area (Å²) in [5.41, 5.74) is 1.50. The number of fused-ring (bicyclic) bond motifs is 1. The second-order valence-corrected chi connectivity index (χ2v) is 10.5. The van der Waals surface area contributed by atoms with Crippen molar-refractivity contribution < 1.29 is 19.1 Å². The van der Waals surface area contributed by atoms with E-state index in [0.29, 0.717) is 46.7 Å². The summed E-state index contributed by atoms with van der Waals surface area (Å²) in [7, 11) is 0. The Kier molecular flexibility index (Phi) is 6.35. The monoisotopic (exact) mass is 507 g/mol. The van der Waals surface area contributed by atoms with Gasteiger partial charge in [0.15, 0.2) is 11.5 Å². The van der Waals surface area contributed by atoms with Crippen LogP contribution in [-0.4, -0.2) is 53.3 Å². The molecule has 3 heterocycles. The van der Waals surface area contributed by atoms with Gasteiger partial charge in [0.25, 0.3) is 5.91 Å². The van der Waals surface area contributed by atoms with E-state index in [9.17, 15) is 9.59 Å². The smallest absolute Gasteiger partial charge is 0.253 e. The maximum absolute atomic E-state index is 12.8. The number of amides is 2. The first-order valence-corrected chi connectivity index (χ1v) is 12.5. The average molecular weight is 508 g/mol. The van der Waals surface area contributed by atoms with E-state index < -0.39 is 0 Å². The number of nitrogens with zero attached hydrogens (tertiary/aromatic N) is 1. The highest BCUT2D eigenvalue weighted by Gasteiger charge is 2.44. The molecule has 1 unspecified atom stereocenters. The molecule has 2 N–H and O–H groups in total. The predicted molar refractivity (Wildman–Crippen MR) is 128 cm³/mol. The number of hydrogen-bond donors (Lipinski definition) is 2. The van der Waals surface area contributed by atoms with Gasteiger partial charge in [-0.2, -0.15) is 0 Å². The van der Waals surface area contributed by atoms with Gasteiger partial charge in [-0.1, -0.05) is 29.3 Å². The molecular formula is C23H23Cl2N3O4S. The number of rotatable bonds is 4. The average Bonchev–Trinajstić information content (AvgIpc) is 3.46. The van der Waals surface area contributed by atoms with Gasteiger partial charge < -0.3 is 19.7 Å². The Bertz CT molecular complexity index is 1090. The number of carbonyl (C=O) groups excluding carboxylic acids is 2. The molecule has 33 heavy (non-hydrogen) atoms. The first-order valence-electron chi connectivity index (χ1n) is 10.7. The Morgan fingerprint density at radius 2 is 1.88 bits per heavy atom. The van der Waals surface area contributed by atoms with Crippen LogP contribution in [0.25, 0.3) is 0 Å². The fraction of sp³-hybridized carbons (Fsp3) is 0.391. The zero-order valence-corrected chi connectivity index (χ0v) is 20.1. The number of benzene rings is 2. The molecule has 2 saturated heterocycles. The van der Waals surface area contributed by atoms with Crippen molar-refractivity contribution in [2.45, 2.75) is 30.3 Å². The number of halogens is 2. The summed E-state index contributed by atoms with van der Waals surface area (Å²) in [5.74, 6) is 2.06. The molecule has 174 valence electrons. The van der Waals surface area contributed by atoms with E-state index >= 15 is 0 Å². The van der Waals surface area contributed by atoms with Crippen LogP contribution in [0.2, 0.25) is 10.0 Å². The van der Waals surface area contributed by atoms with E-state index in [1.54, 1.807) is 30.0 Å². The molecule has 1 atom stereocenters. The molecule has 2 aromatic carbocycles. The molecule has 1 spiro atoms. The van der Waals surface area contributed by atoms with Crippen molar-refractivity contribution in [1.82, 2.24) is 15.5 Å². The van der Waals surface area contributed by atoms with Gasteiger partial charge >= 0.3 is 0 Å². The zero-order valence-electron chi connectivity index (χ0n) is 17.7. The Labute approximate surface area is 206 Å². The lowest BCUT2D eigenvalue weighted by molar-refractivity contribution is -0.122. The molecule has 7 nitrogen and oxygen atoms in total. The third-order valence-electron chi connectivity index (χ3n) is 6.21. The van der Waals surface area contributed by atoms with Crippen molar-refractivity contribution >= 4 is 46.8 Å². The van der Waals surface area contributed by atoms with E-state index in [0.717, 1.165) is 24.2 Å².